The van der Waals surface area contributed by atoms with Crippen molar-refractivity contribution < 1.29 is 19.8 Å². The van der Waals surface area contributed by atoms with E-state index < -0.39 is 11.9 Å². The van der Waals surface area contributed by atoms with Gasteiger partial charge in [0.15, 0.2) is 0 Å². The van der Waals surface area contributed by atoms with E-state index in [1.165, 1.54) is 0 Å². The Hall–Kier alpha value is -1.58. The number of rotatable bonds is 4. The lowest BCUT2D eigenvalue weighted by molar-refractivity contribution is -0.146. The zero-order valence-corrected chi connectivity index (χ0v) is 12.7. The number of hydrogen-bond donors (Lipinski definition) is 2. The van der Waals surface area contributed by atoms with Crippen molar-refractivity contribution in [2.75, 3.05) is 0 Å². The summed E-state index contributed by atoms with van der Waals surface area (Å²) in [5.74, 6) is 0.263. The van der Waals surface area contributed by atoms with E-state index in [1.54, 1.807) is 0 Å². The van der Waals surface area contributed by atoms with Gasteiger partial charge in [-0.05, 0) is 61.2 Å². The maximum Gasteiger partial charge on any atom is 0.303 e. The van der Waals surface area contributed by atoms with Gasteiger partial charge >= 0.3 is 11.9 Å². The minimum absolute atomic E-state index is 0.187. The molecule has 0 aliphatic heterocycles. The number of carboxylic acids is 2. The fourth-order valence-electron chi connectivity index (χ4n) is 5.33. The summed E-state index contributed by atoms with van der Waals surface area (Å²) >= 11 is 0. The van der Waals surface area contributed by atoms with Crippen LogP contribution in [0, 0.1) is 35.5 Å². The summed E-state index contributed by atoms with van der Waals surface area (Å²) in [6.07, 6.45) is 12.7. The van der Waals surface area contributed by atoms with Crippen LogP contribution >= 0.6 is 0 Å². The van der Waals surface area contributed by atoms with Crippen molar-refractivity contribution in [2.45, 2.75) is 38.5 Å². The Morgan fingerprint density at radius 3 is 1.18 bits per heavy atom. The fourth-order valence-corrected chi connectivity index (χ4v) is 5.33. The molecule has 4 nitrogen and oxygen atoms in total. The second kappa shape index (κ2) is 6.27. The van der Waals surface area contributed by atoms with Gasteiger partial charge in [0.1, 0.15) is 0 Å². The molecule has 2 N–H and O–H groups in total. The highest BCUT2D eigenvalue weighted by Gasteiger charge is 2.50. The molecule has 4 heteroatoms. The van der Waals surface area contributed by atoms with E-state index in [2.05, 4.69) is 24.3 Å². The Morgan fingerprint density at radius 1 is 0.682 bits per heavy atom. The van der Waals surface area contributed by atoms with Gasteiger partial charge in [-0.25, -0.2) is 0 Å². The predicted octanol–water partition coefficient (Wildman–Crippen LogP) is 3.35. The largest absolute Gasteiger partial charge is 0.481 e. The van der Waals surface area contributed by atoms with E-state index in [4.69, 9.17) is 0 Å². The van der Waals surface area contributed by atoms with Crippen LogP contribution in [-0.4, -0.2) is 22.2 Å². The maximum atomic E-state index is 11.3. The summed E-state index contributed by atoms with van der Waals surface area (Å²) in [5.41, 5.74) is 0. The number of carbonyl (C=O) groups is 2. The number of carboxylic acid groups (broad SMARTS) is 2. The fraction of sp³-hybridized carbons (Fsp3) is 0.667. The average Bonchev–Trinajstić information content (AvgIpc) is 2.50. The molecule has 22 heavy (non-hydrogen) atoms. The maximum absolute atomic E-state index is 11.3. The van der Waals surface area contributed by atoms with Crippen molar-refractivity contribution in [3.05, 3.63) is 24.3 Å². The van der Waals surface area contributed by atoms with Crippen LogP contribution in [-0.2, 0) is 9.59 Å². The Balaban J connectivity index is 1.94. The SMILES string of the molecule is O=C(O)CC1[C@H]2CC=CC[C@@H]2C(CC(=O)O)[C@@H]2CC=CC[C@@H]12. The van der Waals surface area contributed by atoms with Gasteiger partial charge in [-0.3, -0.25) is 9.59 Å². The number of hydrogen-bond acceptors (Lipinski definition) is 2. The van der Waals surface area contributed by atoms with Crippen molar-refractivity contribution in [1.29, 1.82) is 0 Å². The molecule has 0 spiro atoms. The molecule has 0 aromatic heterocycles. The van der Waals surface area contributed by atoms with Crippen molar-refractivity contribution in [2.24, 2.45) is 35.5 Å². The highest BCUT2D eigenvalue weighted by atomic mass is 16.4. The minimum atomic E-state index is -0.719. The van der Waals surface area contributed by atoms with Crippen LogP contribution in [0.15, 0.2) is 24.3 Å². The van der Waals surface area contributed by atoms with Crippen LogP contribution in [0.4, 0.5) is 0 Å². The van der Waals surface area contributed by atoms with Crippen LogP contribution in [0.2, 0.25) is 0 Å². The molecule has 0 saturated heterocycles. The summed E-state index contributed by atoms with van der Waals surface area (Å²) in [6.45, 7) is 0. The normalized spacial score (nSPS) is 39.8. The van der Waals surface area contributed by atoms with Gasteiger partial charge < -0.3 is 10.2 Å². The third-order valence-electron chi connectivity index (χ3n) is 6.09. The molecule has 0 heterocycles. The van der Waals surface area contributed by atoms with Gasteiger partial charge in [0, 0.05) is 12.8 Å². The molecule has 3 aliphatic rings. The van der Waals surface area contributed by atoms with Gasteiger partial charge in [0.2, 0.25) is 0 Å². The Kier molecular flexibility index (Phi) is 4.37. The first-order valence-electron chi connectivity index (χ1n) is 8.31. The van der Waals surface area contributed by atoms with E-state index in [0.717, 1.165) is 25.7 Å². The molecule has 0 bridgehead atoms. The van der Waals surface area contributed by atoms with E-state index in [-0.39, 0.29) is 24.7 Å². The molecular weight excluding hydrogens is 280 g/mol. The van der Waals surface area contributed by atoms with Crippen LogP contribution in [0.3, 0.4) is 0 Å². The Labute approximate surface area is 130 Å². The summed E-state index contributed by atoms with van der Waals surface area (Å²) in [4.78, 5) is 22.7. The summed E-state index contributed by atoms with van der Waals surface area (Å²) in [6, 6.07) is 0. The monoisotopic (exact) mass is 304 g/mol. The lowest BCUT2D eigenvalue weighted by Gasteiger charge is -2.53. The van der Waals surface area contributed by atoms with Gasteiger partial charge in [-0.1, -0.05) is 24.3 Å². The first kappa shape index (κ1) is 15.3. The second-order valence-corrected chi connectivity index (χ2v) is 7.06. The van der Waals surface area contributed by atoms with Gasteiger partial charge in [-0.2, -0.15) is 0 Å². The molecule has 1 fully saturated rings. The molecule has 0 aromatic carbocycles. The van der Waals surface area contributed by atoms with Crippen molar-refractivity contribution in [3.8, 4) is 0 Å². The van der Waals surface area contributed by atoms with Crippen molar-refractivity contribution >= 4 is 11.9 Å². The number of allylic oxidation sites excluding steroid dienone is 4. The van der Waals surface area contributed by atoms with E-state index in [1.807, 2.05) is 0 Å². The summed E-state index contributed by atoms with van der Waals surface area (Å²) in [5, 5.41) is 18.7. The van der Waals surface area contributed by atoms with Crippen LogP contribution in [0.5, 0.6) is 0 Å². The smallest absolute Gasteiger partial charge is 0.303 e. The molecule has 0 radical (unpaired) electrons. The third-order valence-corrected chi connectivity index (χ3v) is 6.09. The third kappa shape index (κ3) is 2.83. The van der Waals surface area contributed by atoms with Crippen molar-refractivity contribution in [1.82, 2.24) is 0 Å². The van der Waals surface area contributed by atoms with E-state index >= 15 is 0 Å². The molecule has 2 unspecified atom stereocenters. The Morgan fingerprint density at radius 2 is 0.955 bits per heavy atom. The first-order valence-corrected chi connectivity index (χ1v) is 8.31. The Bertz CT molecular complexity index is 433. The van der Waals surface area contributed by atoms with Gasteiger partial charge in [0.25, 0.3) is 0 Å². The molecule has 3 rings (SSSR count). The highest BCUT2D eigenvalue weighted by molar-refractivity contribution is 5.68. The average molecular weight is 304 g/mol. The summed E-state index contributed by atoms with van der Waals surface area (Å²) in [7, 11) is 0. The zero-order chi connectivity index (χ0) is 15.7. The molecule has 120 valence electrons. The topological polar surface area (TPSA) is 74.6 Å². The van der Waals surface area contributed by atoms with Gasteiger partial charge in [0.05, 0.1) is 0 Å². The first-order chi connectivity index (χ1) is 10.6. The number of aliphatic carboxylic acids is 2. The summed E-state index contributed by atoms with van der Waals surface area (Å²) < 4.78 is 0. The lowest BCUT2D eigenvalue weighted by Crippen LogP contribution is -2.48. The van der Waals surface area contributed by atoms with E-state index in [9.17, 15) is 19.8 Å². The van der Waals surface area contributed by atoms with E-state index in [0.29, 0.717) is 23.7 Å². The van der Waals surface area contributed by atoms with Crippen molar-refractivity contribution in [3.63, 3.8) is 0 Å². The molecule has 0 aromatic rings. The minimum Gasteiger partial charge on any atom is -0.481 e. The standard InChI is InChI=1S/C18H24O4/c19-17(20)9-15-11-5-1-2-6-12(11)16(10-18(21)22)14-8-4-3-7-13(14)15/h1-4,11-16H,5-10H2,(H,19,20)(H,21,22)/t11-,12-,13+,14+,15?,16?. The molecule has 3 aliphatic carbocycles. The predicted molar refractivity (Wildman–Crippen MR) is 82.2 cm³/mol. The lowest BCUT2D eigenvalue weighted by atomic mass is 9.51. The number of fused-ring (bicyclic) bond motifs is 2. The molecule has 6 atom stereocenters. The highest BCUT2D eigenvalue weighted by Crippen LogP contribution is 2.55. The quantitative estimate of drug-likeness (QED) is 0.781. The molecule has 1 saturated carbocycles. The van der Waals surface area contributed by atoms with Crippen LogP contribution < -0.4 is 0 Å². The van der Waals surface area contributed by atoms with Crippen LogP contribution in [0.25, 0.3) is 0 Å². The zero-order valence-electron chi connectivity index (χ0n) is 12.7. The second-order valence-electron chi connectivity index (χ2n) is 7.06. The molecular formula is C18H24O4. The van der Waals surface area contributed by atoms with Gasteiger partial charge in [-0.15, -0.1) is 0 Å². The molecule has 0 amide bonds. The van der Waals surface area contributed by atoms with Crippen LogP contribution in [0.1, 0.15) is 38.5 Å².